The second-order valence-electron chi connectivity index (χ2n) is 3.26. The molecule has 6 heteroatoms. The first-order chi connectivity index (χ1) is 7.93. The highest BCUT2D eigenvalue weighted by Gasteiger charge is 1.98. The zero-order valence-electron chi connectivity index (χ0n) is 9.96. The first-order valence-corrected chi connectivity index (χ1v) is 5.12. The molecule has 0 aliphatic carbocycles. The highest BCUT2D eigenvalue weighted by atomic mass is 16.5. The van der Waals surface area contributed by atoms with Crippen molar-refractivity contribution in [2.75, 3.05) is 19.8 Å². The molecule has 0 aliphatic heterocycles. The number of carbonyl (C=O) groups is 2. The number of carboxylic acids is 1. The van der Waals surface area contributed by atoms with Crippen LogP contribution in [0.3, 0.4) is 0 Å². The minimum Gasteiger partial charge on any atom is -0.481 e. The van der Waals surface area contributed by atoms with E-state index in [1.807, 2.05) is 0 Å². The molecule has 1 unspecified atom stereocenters. The maximum Gasteiger partial charge on any atom is 0.303 e. The Morgan fingerprint density at radius 1 is 1.41 bits per heavy atom. The SMILES string of the molecule is C=CCOCC(O)CO.CC(=O)CCC(=O)O. The fraction of sp³-hybridized carbons (Fsp3) is 0.636. The molecule has 0 fully saturated rings. The van der Waals surface area contributed by atoms with Crippen molar-refractivity contribution in [3.63, 3.8) is 0 Å². The van der Waals surface area contributed by atoms with Crippen molar-refractivity contribution in [1.82, 2.24) is 0 Å². The second kappa shape index (κ2) is 12.8. The monoisotopic (exact) mass is 248 g/mol. The Labute approximate surface area is 101 Å². The lowest BCUT2D eigenvalue weighted by molar-refractivity contribution is -0.138. The van der Waals surface area contributed by atoms with Crippen LogP contribution in [0.2, 0.25) is 0 Å². The predicted octanol–water partition coefficient (Wildman–Crippen LogP) is -0.0176. The fourth-order valence-corrected chi connectivity index (χ4v) is 0.623. The van der Waals surface area contributed by atoms with Gasteiger partial charge >= 0.3 is 5.97 Å². The lowest BCUT2D eigenvalue weighted by Gasteiger charge is -2.04. The van der Waals surface area contributed by atoms with E-state index in [1.165, 1.54) is 6.92 Å². The number of hydrogen-bond acceptors (Lipinski definition) is 5. The molecule has 0 amide bonds. The van der Waals surface area contributed by atoms with E-state index in [0.717, 1.165) is 0 Å². The average Bonchev–Trinajstić information content (AvgIpc) is 2.27. The molecule has 1 atom stereocenters. The Bertz CT molecular complexity index is 212. The van der Waals surface area contributed by atoms with Crippen LogP contribution in [-0.4, -0.2) is 53.0 Å². The van der Waals surface area contributed by atoms with Gasteiger partial charge < -0.3 is 24.9 Å². The summed E-state index contributed by atoms with van der Waals surface area (Å²) >= 11 is 0. The van der Waals surface area contributed by atoms with Crippen LogP contribution in [0.4, 0.5) is 0 Å². The van der Waals surface area contributed by atoms with E-state index in [4.69, 9.17) is 20.1 Å². The first-order valence-electron chi connectivity index (χ1n) is 5.12. The molecule has 0 spiro atoms. The highest BCUT2D eigenvalue weighted by molar-refractivity contribution is 5.80. The summed E-state index contributed by atoms with van der Waals surface area (Å²) in [4.78, 5) is 19.8. The molecule has 100 valence electrons. The van der Waals surface area contributed by atoms with Crippen molar-refractivity contribution < 1.29 is 29.6 Å². The summed E-state index contributed by atoms with van der Waals surface area (Å²) in [5, 5.41) is 25.0. The quantitative estimate of drug-likeness (QED) is 0.412. The van der Waals surface area contributed by atoms with Gasteiger partial charge in [0.15, 0.2) is 0 Å². The van der Waals surface area contributed by atoms with Crippen molar-refractivity contribution in [3.8, 4) is 0 Å². The van der Waals surface area contributed by atoms with E-state index in [1.54, 1.807) is 6.08 Å². The van der Waals surface area contributed by atoms with Gasteiger partial charge in [0.25, 0.3) is 0 Å². The van der Waals surface area contributed by atoms with E-state index in [0.29, 0.717) is 6.61 Å². The van der Waals surface area contributed by atoms with Gasteiger partial charge in [-0.25, -0.2) is 0 Å². The third-order valence-electron chi connectivity index (χ3n) is 1.45. The summed E-state index contributed by atoms with van der Waals surface area (Å²) in [5.74, 6) is -0.993. The van der Waals surface area contributed by atoms with Crippen molar-refractivity contribution in [3.05, 3.63) is 12.7 Å². The van der Waals surface area contributed by atoms with Gasteiger partial charge in [-0.3, -0.25) is 4.79 Å². The molecular weight excluding hydrogens is 228 g/mol. The summed E-state index contributed by atoms with van der Waals surface area (Å²) in [5.41, 5.74) is 0. The minimum atomic E-state index is -0.916. The van der Waals surface area contributed by atoms with Crippen LogP contribution in [-0.2, 0) is 14.3 Å². The summed E-state index contributed by atoms with van der Waals surface area (Å²) < 4.78 is 4.81. The number of Topliss-reactive ketones (excluding diaryl/α,β-unsaturated/α-hetero) is 1. The number of carbonyl (C=O) groups excluding carboxylic acids is 1. The molecular formula is C11H20O6. The van der Waals surface area contributed by atoms with Gasteiger partial charge in [0.05, 0.1) is 26.2 Å². The normalized spacial score (nSPS) is 11.0. The summed E-state index contributed by atoms with van der Waals surface area (Å²) in [6, 6.07) is 0. The van der Waals surface area contributed by atoms with Crippen LogP contribution in [0.5, 0.6) is 0 Å². The van der Waals surface area contributed by atoms with Gasteiger partial charge in [0.2, 0.25) is 0 Å². The van der Waals surface area contributed by atoms with E-state index in [-0.39, 0.29) is 31.8 Å². The molecule has 3 N–H and O–H groups in total. The van der Waals surface area contributed by atoms with E-state index in [2.05, 4.69) is 6.58 Å². The van der Waals surface area contributed by atoms with Gasteiger partial charge in [-0.2, -0.15) is 0 Å². The highest BCUT2D eigenvalue weighted by Crippen LogP contribution is 1.87. The van der Waals surface area contributed by atoms with Crippen molar-refractivity contribution in [1.29, 1.82) is 0 Å². The van der Waals surface area contributed by atoms with Crippen LogP contribution in [0, 0.1) is 0 Å². The molecule has 0 heterocycles. The van der Waals surface area contributed by atoms with Crippen molar-refractivity contribution in [2.24, 2.45) is 0 Å². The standard InChI is InChI=1S/C6H12O3.C5H8O3/c1-2-3-9-5-6(8)4-7;1-4(6)2-3-5(7)8/h2,6-8H,1,3-5H2;2-3H2,1H3,(H,7,8). The molecule has 17 heavy (non-hydrogen) atoms. The van der Waals surface area contributed by atoms with E-state index in [9.17, 15) is 9.59 Å². The Morgan fingerprint density at radius 3 is 2.29 bits per heavy atom. The van der Waals surface area contributed by atoms with Gasteiger partial charge in [-0.1, -0.05) is 6.08 Å². The number of aliphatic carboxylic acids is 1. The van der Waals surface area contributed by atoms with Crippen molar-refractivity contribution in [2.45, 2.75) is 25.9 Å². The lowest BCUT2D eigenvalue weighted by atomic mass is 10.2. The van der Waals surface area contributed by atoms with Gasteiger partial charge in [0.1, 0.15) is 11.9 Å². The van der Waals surface area contributed by atoms with E-state index >= 15 is 0 Å². The topological polar surface area (TPSA) is 104 Å². The Hall–Kier alpha value is -1.24. The summed E-state index contributed by atoms with van der Waals surface area (Å²) in [7, 11) is 0. The average molecular weight is 248 g/mol. The summed E-state index contributed by atoms with van der Waals surface area (Å²) in [6.07, 6.45) is 0.930. The molecule has 0 bridgehead atoms. The van der Waals surface area contributed by atoms with Crippen LogP contribution >= 0.6 is 0 Å². The van der Waals surface area contributed by atoms with Gasteiger partial charge in [0, 0.05) is 6.42 Å². The molecule has 6 nitrogen and oxygen atoms in total. The first kappa shape index (κ1) is 18.1. The number of aliphatic hydroxyl groups excluding tert-OH is 2. The maximum absolute atomic E-state index is 10.1. The molecule has 0 aromatic heterocycles. The minimum absolute atomic E-state index is 0.0463. The maximum atomic E-state index is 10.1. The van der Waals surface area contributed by atoms with Crippen LogP contribution in [0.15, 0.2) is 12.7 Å². The van der Waals surface area contributed by atoms with Crippen LogP contribution < -0.4 is 0 Å². The van der Waals surface area contributed by atoms with Gasteiger partial charge in [-0.15, -0.1) is 6.58 Å². The Kier molecular flexibility index (Phi) is 13.7. The third-order valence-corrected chi connectivity index (χ3v) is 1.45. The molecule has 0 saturated carbocycles. The molecule has 0 saturated heterocycles. The van der Waals surface area contributed by atoms with Gasteiger partial charge in [-0.05, 0) is 6.92 Å². The molecule has 0 aromatic rings. The zero-order chi connectivity index (χ0) is 13.7. The molecule has 0 aromatic carbocycles. The van der Waals surface area contributed by atoms with Crippen LogP contribution in [0.1, 0.15) is 19.8 Å². The number of ether oxygens (including phenoxy) is 1. The number of ketones is 1. The Morgan fingerprint density at radius 2 is 2.00 bits per heavy atom. The molecule has 0 rings (SSSR count). The largest absolute Gasteiger partial charge is 0.481 e. The number of carboxylic acid groups (broad SMARTS) is 1. The third kappa shape index (κ3) is 20.8. The zero-order valence-corrected chi connectivity index (χ0v) is 9.96. The number of hydrogen-bond donors (Lipinski definition) is 3. The Balaban J connectivity index is 0. The predicted molar refractivity (Wildman–Crippen MR) is 61.7 cm³/mol. The van der Waals surface area contributed by atoms with Crippen molar-refractivity contribution >= 4 is 11.8 Å². The van der Waals surface area contributed by atoms with Crippen LogP contribution in [0.25, 0.3) is 0 Å². The summed E-state index contributed by atoms with van der Waals surface area (Å²) in [6.45, 7) is 5.12. The van der Waals surface area contributed by atoms with E-state index < -0.39 is 12.1 Å². The fourth-order valence-electron chi connectivity index (χ4n) is 0.623. The number of aliphatic hydroxyl groups is 2. The number of rotatable bonds is 8. The smallest absolute Gasteiger partial charge is 0.303 e. The molecule has 0 radical (unpaired) electrons. The molecule has 0 aliphatic rings. The lowest BCUT2D eigenvalue weighted by Crippen LogP contribution is -2.19. The second-order valence-corrected chi connectivity index (χ2v) is 3.26.